The first-order chi connectivity index (χ1) is 14.6. The van der Waals surface area contributed by atoms with E-state index in [0.29, 0.717) is 17.0 Å². The number of benzene rings is 1. The van der Waals surface area contributed by atoms with Crippen LogP contribution in [0.25, 0.3) is 0 Å². The molecule has 2 heterocycles. The number of aromatic amines is 1. The van der Waals surface area contributed by atoms with Gasteiger partial charge in [0.15, 0.2) is 11.6 Å². The highest BCUT2D eigenvalue weighted by Gasteiger charge is 2.39. The number of hydrogen-bond donors (Lipinski definition) is 1. The number of carbonyl (C=O) groups is 1. The molecule has 0 aliphatic carbocycles. The number of halogens is 4. The van der Waals surface area contributed by atoms with Crippen LogP contribution in [-0.4, -0.2) is 32.6 Å². The minimum atomic E-state index is -4.50. The molecule has 0 aliphatic rings. The first kappa shape index (κ1) is 22.5. The summed E-state index contributed by atoms with van der Waals surface area (Å²) in [6, 6.07) is 8.40. The second-order valence-corrected chi connectivity index (χ2v) is 7.68. The summed E-state index contributed by atoms with van der Waals surface area (Å²) in [6.07, 6.45) is -3.70. The van der Waals surface area contributed by atoms with E-state index in [2.05, 4.69) is 20.2 Å². The van der Waals surface area contributed by atoms with Crippen molar-refractivity contribution in [1.29, 1.82) is 0 Å². The maximum absolute atomic E-state index is 13.3. The first-order valence-electron chi connectivity index (χ1n) is 9.04. The summed E-state index contributed by atoms with van der Waals surface area (Å²) in [5, 5.41) is 6.89. The van der Waals surface area contributed by atoms with E-state index in [1.807, 2.05) is 0 Å². The SMILES string of the molecule is CC(C)(COc1ccc(C(F)(F)F)cn1)C(=O)C(Oc1ccc(Cl)cc1)c1ncn[nH]1. The third-order valence-corrected chi connectivity index (χ3v) is 4.55. The van der Waals surface area contributed by atoms with Crippen LogP contribution in [0, 0.1) is 5.41 Å². The smallest absolute Gasteiger partial charge is 0.417 e. The molecule has 0 saturated carbocycles. The van der Waals surface area contributed by atoms with Gasteiger partial charge in [-0.15, -0.1) is 0 Å². The van der Waals surface area contributed by atoms with Crippen LogP contribution in [0.4, 0.5) is 13.2 Å². The lowest BCUT2D eigenvalue weighted by Gasteiger charge is -2.27. The molecule has 0 fully saturated rings. The van der Waals surface area contributed by atoms with Crippen LogP contribution < -0.4 is 9.47 Å². The summed E-state index contributed by atoms with van der Waals surface area (Å²) in [4.78, 5) is 20.9. The van der Waals surface area contributed by atoms with Crippen molar-refractivity contribution in [3.63, 3.8) is 0 Å². The van der Waals surface area contributed by atoms with Crippen molar-refractivity contribution in [2.75, 3.05) is 6.61 Å². The highest BCUT2D eigenvalue weighted by atomic mass is 35.5. The lowest BCUT2D eigenvalue weighted by Crippen LogP contribution is -2.37. The first-order valence-corrected chi connectivity index (χ1v) is 9.42. The maximum Gasteiger partial charge on any atom is 0.417 e. The van der Waals surface area contributed by atoms with E-state index < -0.39 is 23.3 Å². The third kappa shape index (κ3) is 5.72. The van der Waals surface area contributed by atoms with E-state index in [0.717, 1.165) is 12.1 Å². The average Bonchev–Trinajstić information content (AvgIpc) is 3.25. The molecule has 7 nitrogen and oxygen atoms in total. The summed E-state index contributed by atoms with van der Waals surface area (Å²) < 4.78 is 49.3. The van der Waals surface area contributed by atoms with Crippen LogP contribution in [-0.2, 0) is 11.0 Å². The van der Waals surface area contributed by atoms with E-state index in [-0.39, 0.29) is 24.1 Å². The Hall–Kier alpha value is -3.14. The predicted molar refractivity (Wildman–Crippen MR) is 105 cm³/mol. The Balaban J connectivity index is 1.74. The molecule has 1 unspecified atom stereocenters. The Morgan fingerprint density at radius 2 is 1.84 bits per heavy atom. The van der Waals surface area contributed by atoms with Gasteiger partial charge in [0.1, 0.15) is 18.7 Å². The molecule has 164 valence electrons. The Bertz CT molecular complexity index is 1010. The van der Waals surface area contributed by atoms with Gasteiger partial charge in [0.25, 0.3) is 0 Å². The fourth-order valence-corrected chi connectivity index (χ4v) is 2.66. The maximum atomic E-state index is 13.3. The molecule has 0 saturated heterocycles. The lowest BCUT2D eigenvalue weighted by atomic mass is 9.85. The van der Waals surface area contributed by atoms with Crippen molar-refractivity contribution < 1.29 is 27.4 Å². The second kappa shape index (κ2) is 8.93. The number of hydrogen-bond acceptors (Lipinski definition) is 6. The molecule has 0 bridgehead atoms. The third-order valence-electron chi connectivity index (χ3n) is 4.30. The summed E-state index contributed by atoms with van der Waals surface area (Å²) >= 11 is 5.88. The van der Waals surface area contributed by atoms with Gasteiger partial charge in [-0.3, -0.25) is 9.89 Å². The van der Waals surface area contributed by atoms with Gasteiger partial charge in [0.2, 0.25) is 12.0 Å². The van der Waals surface area contributed by atoms with Gasteiger partial charge in [-0.25, -0.2) is 9.97 Å². The number of alkyl halides is 3. The van der Waals surface area contributed by atoms with Crippen molar-refractivity contribution >= 4 is 17.4 Å². The topological polar surface area (TPSA) is 90.0 Å². The standard InChI is InChI=1S/C20H18ClF3N4O3/c1-19(2,10-30-15-8-3-12(9-25-15)20(22,23)24)17(29)16(18-26-11-27-28-18)31-14-6-4-13(21)5-7-14/h3-9,11,16H,10H2,1-2H3,(H,26,27,28). The molecule has 1 N–H and O–H groups in total. The predicted octanol–water partition coefficient (Wildman–Crippen LogP) is 4.67. The quantitative estimate of drug-likeness (QED) is 0.532. The van der Waals surface area contributed by atoms with Crippen LogP contribution in [0.1, 0.15) is 31.3 Å². The molecule has 1 aromatic carbocycles. The van der Waals surface area contributed by atoms with Crippen molar-refractivity contribution in [1.82, 2.24) is 20.2 Å². The summed E-state index contributed by atoms with van der Waals surface area (Å²) in [5.74, 6) is 0.163. The largest absolute Gasteiger partial charge is 0.477 e. The van der Waals surface area contributed by atoms with Gasteiger partial charge in [-0.05, 0) is 44.2 Å². The van der Waals surface area contributed by atoms with Crippen LogP contribution in [0.5, 0.6) is 11.6 Å². The molecular formula is C20H18ClF3N4O3. The average molecular weight is 455 g/mol. The number of Topliss-reactive ketones (excluding diaryl/α,β-unsaturated/α-hetero) is 1. The van der Waals surface area contributed by atoms with Crippen molar-refractivity contribution in [2.45, 2.75) is 26.1 Å². The van der Waals surface area contributed by atoms with Gasteiger partial charge in [-0.2, -0.15) is 18.3 Å². The zero-order valence-corrected chi connectivity index (χ0v) is 17.2. The molecule has 2 aromatic heterocycles. The van der Waals surface area contributed by atoms with Crippen LogP contribution in [0.2, 0.25) is 5.02 Å². The number of pyridine rings is 1. The molecule has 1 atom stereocenters. The fourth-order valence-electron chi connectivity index (χ4n) is 2.54. The van der Waals surface area contributed by atoms with Crippen molar-refractivity contribution in [2.24, 2.45) is 5.41 Å². The summed E-state index contributed by atoms with van der Waals surface area (Å²) in [7, 11) is 0. The number of rotatable bonds is 8. The molecule has 3 rings (SSSR count). The Morgan fingerprint density at radius 1 is 1.13 bits per heavy atom. The molecule has 0 spiro atoms. The van der Waals surface area contributed by atoms with Gasteiger partial charge in [0, 0.05) is 17.3 Å². The Labute approximate surface area is 180 Å². The van der Waals surface area contributed by atoms with E-state index in [1.54, 1.807) is 38.1 Å². The zero-order chi connectivity index (χ0) is 22.6. The number of aromatic nitrogens is 4. The van der Waals surface area contributed by atoms with Gasteiger partial charge >= 0.3 is 6.18 Å². The molecule has 0 amide bonds. The fraction of sp³-hybridized carbons (Fsp3) is 0.300. The van der Waals surface area contributed by atoms with E-state index in [4.69, 9.17) is 21.1 Å². The number of carbonyl (C=O) groups excluding carboxylic acids is 1. The van der Waals surface area contributed by atoms with Crippen LogP contribution in [0.3, 0.4) is 0 Å². The minimum Gasteiger partial charge on any atom is -0.477 e. The molecule has 0 aliphatic heterocycles. The number of H-pyrrole nitrogens is 1. The Morgan fingerprint density at radius 3 is 2.39 bits per heavy atom. The van der Waals surface area contributed by atoms with Gasteiger partial charge in [-0.1, -0.05) is 11.6 Å². The van der Waals surface area contributed by atoms with Crippen LogP contribution >= 0.6 is 11.6 Å². The highest BCUT2D eigenvalue weighted by Crippen LogP contribution is 2.31. The normalized spacial score (nSPS) is 13.0. The summed E-state index contributed by atoms with van der Waals surface area (Å²) in [5.41, 5.74) is -1.99. The number of nitrogens with zero attached hydrogens (tertiary/aromatic N) is 3. The zero-order valence-electron chi connectivity index (χ0n) is 16.5. The number of ether oxygens (including phenoxy) is 2. The molecule has 11 heteroatoms. The second-order valence-electron chi connectivity index (χ2n) is 7.24. The molecular weight excluding hydrogens is 437 g/mol. The number of nitrogens with one attached hydrogen (secondary N) is 1. The molecule has 31 heavy (non-hydrogen) atoms. The summed E-state index contributed by atoms with van der Waals surface area (Å²) in [6.45, 7) is 3.08. The van der Waals surface area contributed by atoms with Gasteiger partial charge < -0.3 is 9.47 Å². The molecule has 3 aromatic rings. The van der Waals surface area contributed by atoms with E-state index in [9.17, 15) is 18.0 Å². The van der Waals surface area contributed by atoms with Crippen LogP contribution in [0.15, 0.2) is 48.9 Å². The number of ketones is 1. The van der Waals surface area contributed by atoms with Crippen molar-refractivity contribution in [3.05, 3.63) is 65.3 Å². The van der Waals surface area contributed by atoms with Gasteiger partial charge in [0.05, 0.1) is 11.0 Å². The Kier molecular flexibility index (Phi) is 6.49. The lowest BCUT2D eigenvalue weighted by molar-refractivity contribution is -0.137. The van der Waals surface area contributed by atoms with E-state index in [1.165, 1.54) is 6.33 Å². The monoisotopic (exact) mass is 454 g/mol. The minimum absolute atomic E-state index is 0.0382. The van der Waals surface area contributed by atoms with E-state index >= 15 is 0 Å². The molecule has 0 radical (unpaired) electrons. The highest BCUT2D eigenvalue weighted by molar-refractivity contribution is 6.30. The van der Waals surface area contributed by atoms with Crippen molar-refractivity contribution in [3.8, 4) is 11.6 Å².